The van der Waals surface area contributed by atoms with Crippen molar-refractivity contribution in [3.05, 3.63) is 141 Å². The SMILES string of the molecule is NC1(c2ccc(Nc3nc(Cl)ccc3[N+](=O)[O-])cc2)CCC1.Nc1ncnc(Cl)c1-c1nc2ccc(-c3ccccc3)nc2n1-c1ccc(C2(N)CCC2)cc1. The molecule has 0 amide bonds. The normalized spacial score (nSPS) is 15.2. The summed E-state index contributed by atoms with van der Waals surface area (Å²) in [6.45, 7) is 0. The highest BCUT2D eigenvalue weighted by atomic mass is 35.5. The molecule has 282 valence electrons. The molecule has 2 aliphatic rings. The lowest BCUT2D eigenvalue weighted by Crippen LogP contribution is -2.43. The van der Waals surface area contributed by atoms with Crippen molar-refractivity contribution in [2.45, 2.75) is 49.6 Å². The maximum Gasteiger partial charge on any atom is 0.311 e. The molecule has 2 aliphatic carbocycles. The molecule has 15 heteroatoms. The number of hydrogen-bond acceptors (Lipinski definition) is 11. The van der Waals surface area contributed by atoms with Gasteiger partial charge in [-0.15, -0.1) is 0 Å². The van der Waals surface area contributed by atoms with Crippen LogP contribution in [0, 0.1) is 10.1 Å². The first kappa shape index (κ1) is 37.0. The summed E-state index contributed by atoms with van der Waals surface area (Å²) >= 11 is 12.3. The number of imidazole rings is 1. The molecule has 9 rings (SSSR count). The summed E-state index contributed by atoms with van der Waals surface area (Å²) in [7, 11) is 0. The van der Waals surface area contributed by atoms with Gasteiger partial charge in [0.15, 0.2) is 11.5 Å². The van der Waals surface area contributed by atoms with Gasteiger partial charge >= 0.3 is 5.69 Å². The number of halogens is 2. The standard InChI is InChI=1S/C26H22ClN7.C15H15ClN4O2/c27-22-21(23(28)31-15-30-22)25-33-20-12-11-19(16-5-2-1-3-6-16)32-24(20)34(25)18-9-7-17(8-10-18)26(29)13-4-14-26;16-13-7-6-12(20(21)22)14(19-13)18-11-4-2-10(3-5-11)15(17)8-1-9-15/h1-3,5-12,15H,4,13-14,29H2,(H2,28,30,31);2-7H,1,8-9,17H2,(H,18,19). The van der Waals surface area contributed by atoms with Gasteiger partial charge in [-0.25, -0.2) is 24.9 Å². The maximum absolute atomic E-state index is 11.0. The number of hydrogen-bond donors (Lipinski definition) is 4. The van der Waals surface area contributed by atoms with Crippen LogP contribution in [0.3, 0.4) is 0 Å². The van der Waals surface area contributed by atoms with Crippen LogP contribution in [-0.2, 0) is 11.1 Å². The second-order valence-electron chi connectivity index (χ2n) is 14.1. The topological polar surface area (TPSA) is 203 Å². The van der Waals surface area contributed by atoms with E-state index in [9.17, 15) is 10.1 Å². The lowest BCUT2D eigenvalue weighted by atomic mass is 9.73. The minimum Gasteiger partial charge on any atom is -0.383 e. The number of nitro groups is 1. The molecule has 0 atom stereocenters. The number of aromatic nitrogens is 6. The third-order valence-corrected chi connectivity index (χ3v) is 11.1. The molecule has 0 saturated heterocycles. The van der Waals surface area contributed by atoms with E-state index in [2.05, 4.69) is 32.4 Å². The lowest BCUT2D eigenvalue weighted by molar-refractivity contribution is -0.384. The van der Waals surface area contributed by atoms with E-state index in [1.807, 2.05) is 83.4 Å². The molecule has 3 aromatic carbocycles. The molecule has 13 nitrogen and oxygen atoms in total. The third-order valence-electron chi connectivity index (χ3n) is 10.6. The Morgan fingerprint density at radius 1 is 0.750 bits per heavy atom. The first-order valence-corrected chi connectivity index (χ1v) is 18.9. The van der Waals surface area contributed by atoms with Crippen molar-refractivity contribution in [3.63, 3.8) is 0 Å². The van der Waals surface area contributed by atoms with Gasteiger partial charge in [-0.1, -0.05) is 77.8 Å². The number of nitrogens with two attached hydrogens (primary N) is 3. The number of anilines is 3. The fraction of sp³-hybridized carbons (Fsp3) is 0.195. The first-order chi connectivity index (χ1) is 27.0. The summed E-state index contributed by atoms with van der Waals surface area (Å²) in [5.74, 6) is 0.915. The van der Waals surface area contributed by atoms with Crippen LogP contribution < -0.4 is 22.5 Å². The van der Waals surface area contributed by atoms with Crippen molar-refractivity contribution in [2.75, 3.05) is 11.1 Å². The molecule has 56 heavy (non-hydrogen) atoms. The Bertz CT molecular complexity index is 2540. The summed E-state index contributed by atoms with van der Waals surface area (Å²) in [5.41, 5.74) is 26.0. The predicted octanol–water partition coefficient (Wildman–Crippen LogP) is 8.84. The van der Waals surface area contributed by atoms with Gasteiger partial charge < -0.3 is 22.5 Å². The largest absolute Gasteiger partial charge is 0.383 e. The summed E-state index contributed by atoms with van der Waals surface area (Å²) in [6.07, 6.45) is 7.63. The smallest absolute Gasteiger partial charge is 0.311 e. The molecule has 2 fully saturated rings. The number of nitrogens with zero attached hydrogens (tertiary/aromatic N) is 7. The van der Waals surface area contributed by atoms with E-state index in [-0.39, 0.29) is 38.7 Å². The van der Waals surface area contributed by atoms with E-state index >= 15 is 0 Å². The van der Waals surface area contributed by atoms with Crippen LogP contribution in [0.5, 0.6) is 0 Å². The van der Waals surface area contributed by atoms with Crippen LogP contribution in [-0.4, -0.2) is 34.4 Å². The molecule has 4 aromatic heterocycles. The second-order valence-corrected chi connectivity index (χ2v) is 14.9. The van der Waals surface area contributed by atoms with Gasteiger partial charge in [0.25, 0.3) is 0 Å². The molecule has 0 aliphatic heterocycles. The molecule has 0 unspecified atom stereocenters. The molecule has 0 spiro atoms. The number of benzene rings is 3. The molecular weight excluding hydrogens is 749 g/mol. The minimum absolute atomic E-state index is 0.122. The summed E-state index contributed by atoms with van der Waals surface area (Å²) in [6, 6.07) is 32.5. The molecule has 2 saturated carbocycles. The van der Waals surface area contributed by atoms with Crippen molar-refractivity contribution >= 4 is 57.4 Å². The molecular formula is C41H37Cl2N11O2. The van der Waals surface area contributed by atoms with Crippen LogP contribution in [0.1, 0.15) is 49.7 Å². The Hall–Kier alpha value is -5.99. The minimum atomic E-state index is -0.497. The third kappa shape index (κ3) is 7.13. The summed E-state index contributed by atoms with van der Waals surface area (Å²) in [5, 5.41) is 14.4. The van der Waals surface area contributed by atoms with E-state index < -0.39 is 4.92 Å². The van der Waals surface area contributed by atoms with Crippen LogP contribution in [0.2, 0.25) is 10.3 Å². The Morgan fingerprint density at radius 3 is 1.98 bits per heavy atom. The Kier molecular flexibility index (Phi) is 9.85. The zero-order chi connectivity index (χ0) is 39.0. The highest BCUT2D eigenvalue weighted by Gasteiger charge is 2.35. The van der Waals surface area contributed by atoms with E-state index in [1.165, 1.54) is 18.5 Å². The molecule has 7 N–H and O–H groups in total. The van der Waals surface area contributed by atoms with E-state index in [4.69, 9.17) is 50.4 Å². The van der Waals surface area contributed by atoms with Crippen molar-refractivity contribution in [3.8, 4) is 28.3 Å². The van der Waals surface area contributed by atoms with Crippen LogP contribution in [0.4, 0.5) is 23.0 Å². The van der Waals surface area contributed by atoms with Gasteiger partial charge in [0.1, 0.15) is 28.0 Å². The van der Waals surface area contributed by atoms with Gasteiger partial charge in [0.05, 0.1) is 16.2 Å². The molecule has 0 radical (unpaired) electrons. The van der Waals surface area contributed by atoms with E-state index in [0.29, 0.717) is 28.2 Å². The highest BCUT2D eigenvalue weighted by Crippen LogP contribution is 2.41. The van der Waals surface area contributed by atoms with Crippen LogP contribution in [0.15, 0.2) is 109 Å². The fourth-order valence-electron chi connectivity index (χ4n) is 7.05. The van der Waals surface area contributed by atoms with Crippen LogP contribution in [0.25, 0.3) is 39.5 Å². The average Bonchev–Trinajstić information content (AvgIpc) is 3.55. The van der Waals surface area contributed by atoms with E-state index in [1.54, 1.807) is 0 Å². The number of pyridine rings is 2. The Balaban J connectivity index is 0.000000174. The first-order valence-electron chi connectivity index (χ1n) is 18.1. The second kappa shape index (κ2) is 14.9. The number of rotatable bonds is 8. The van der Waals surface area contributed by atoms with Gasteiger partial charge in [-0.05, 0) is 92.1 Å². The molecule has 7 aromatic rings. The van der Waals surface area contributed by atoms with Gasteiger partial charge in [-0.2, -0.15) is 0 Å². The van der Waals surface area contributed by atoms with Crippen molar-refractivity contribution in [2.24, 2.45) is 11.5 Å². The van der Waals surface area contributed by atoms with Gasteiger partial charge in [-0.3, -0.25) is 14.7 Å². The lowest BCUT2D eigenvalue weighted by Gasteiger charge is -2.38. The highest BCUT2D eigenvalue weighted by molar-refractivity contribution is 6.32. The quantitative estimate of drug-likeness (QED) is 0.0496. The van der Waals surface area contributed by atoms with Gasteiger partial charge in [0, 0.05) is 34.1 Å². The zero-order valence-electron chi connectivity index (χ0n) is 30.1. The molecule has 0 bridgehead atoms. The Labute approximate surface area is 332 Å². The van der Waals surface area contributed by atoms with E-state index in [0.717, 1.165) is 66.6 Å². The fourth-order valence-corrected chi connectivity index (χ4v) is 7.42. The predicted molar refractivity (Wildman–Crippen MR) is 220 cm³/mol. The van der Waals surface area contributed by atoms with Crippen LogP contribution >= 0.6 is 23.2 Å². The van der Waals surface area contributed by atoms with Gasteiger partial charge in [0.2, 0.25) is 5.82 Å². The summed E-state index contributed by atoms with van der Waals surface area (Å²) < 4.78 is 1.95. The molecule has 4 heterocycles. The number of nitrogen functional groups attached to an aromatic ring is 1. The summed E-state index contributed by atoms with van der Waals surface area (Å²) in [4.78, 5) is 32.6. The Morgan fingerprint density at radius 2 is 1.39 bits per heavy atom. The average molecular weight is 787 g/mol. The zero-order valence-corrected chi connectivity index (χ0v) is 31.6. The van der Waals surface area contributed by atoms with Crippen molar-refractivity contribution in [1.29, 1.82) is 0 Å². The monoisotopic (exact) mass is 785 g/mol. The van der Waals surface area contributed by atoms with Crippen molar-refractivity contribution < 1.29 is 4.92 Å². The maximum atomic E-state index is 11.0. The number of nitrogens with one attached hydrogen (secondary N) is 1. The number of fused-ring (bicyclic) bond motifs is 1. The van der Waals surface area contributed by atoms with Crippen molar-refractivity contribution in [1.82, 2.24) is 29.5 Å².